The zero-order valence-electron chi connectivity index (χ0n) is 27.7. The average molecular weight is 588 g/mol. The van der Waals surface area contributed by atoms with Crippen molar-refractivity contribution in [3.63, 3.8) is 0 Å². The Labute approximate surface area is 270 Å². The first-order chi connectivity index (χ1) is 21.6. The molecule has 0 radical (unpaired) electrons. The number of likely N-dealkylation sites (N-methyl/N-ethyl adjacent to an activating group) is 1. The number of allylic oxidation sites excluding steroid dienone is 5. The zero-order valence-corrected chi connectivity index (χ0v) is 27.7. The summed E-state index contributed by atoms with van der Waals surface area (Å²) < 4.78 is 0. The van der Waals surface area contributed by atoms with E-state index < -0.39 is 0 Å². The van der Waals surface area contributed by atoms with Gasteiger partial charge in [0.05, 0.1) is 0 Å². The summed E-state index contributed by atoms with van der Waals surface area (Å²) in [5.41, 5.74) is 12.6. The summed E-state index contributed by atoms with van der Waals surface area (Å²) in [6, 6.07) is 39.9. The highest BCUT2D eigenvalue weighted by Crippen LogP contribution is 2.50. The lowest BCUT2D eigenvalue weighted by Gasteiger charge is -2.38. The second-order valence-electron chi connectivity index (χ2n) is 13.5. The Morgan fingerprint density at radius 3 is 1.96 bits per heavy atom. The second kappa shape index (κ2) is 12.1. The molecule has 5 aromatic rings. The van der Waals surface area contributed by atoms with Crippen LogP contribution in [-0.2, 0) is 23.7 Å². The minimum absolute atomic E-state index is 0.132. The van der Waals surface area contributed by atoms with Crippen LogP contribution in [0.15, 0.2) is 145 Å². The molecule has 1 nitrogen and oxygen atoms in total. The first kappa shape index (κ1) is 30.4. The van der Waals surface area contributed by atoms with E-state index in [2.05, 4.69) is 174 Å². The molecule has 0 fully saturated rings. The number of benzene rings is 5. The summed E-state index contributed by atoms with van der Waals surface area (Å²) in [6.07, 6.45) is 8.57. The highest BCUT2D eigenvalue weighted by molar-refractivity contribution is 5.94. The van der Waals surface area contributed by atoms with Gasteiger partial charge >= 0.3 is 0 Å². The van der Waals surface area contributed by atoms with Crippen molar-refractivity contribution in [2.45, 2.75) is 58.3 Å². The quantitative estimate of drug-likeness (QED) is 0.163. The lowest BCUT2D eigenvalue weighted by Crippen LogP contribution is -2.34. The molecule has 1 aliphatic rings. The van der Waals surface area contributed by atoms with E-state index in [1.165, 1.54) is 61.1 Å². The van der Waals surface area contributed by atoms with Gasteiger partial charge in [0.2, 0.25) is 0 Å². The third kappa shape index (κ3) is 5.57. The van der Waals surface area contributed by atoms with E-state index in [4.69, 9.17) is 6.58 Å². The highest BCUT2D eigenvalue weighted by Gasteiger charge is 2.40. The predicted octanol–water partition coefficient (Wildman–Crippen LogP) is 10.9. The van der Waals surface area contributed by atoms with Crippen LogP contribution in [-0.4, -0.2) is 7.05 Å². The maximum atomic E-state index is 4.86. The van der Waals surface area contributed by atoms with Crippen molar-refractivity contribution in [3.05, 3.63) is 184 Å². The summed E-state index contributed by atoms with van der Waals surface area (Å²) in [4.78, 5) is 2.36. The lowest BCUT2D eigenvalue weighted by atomic mass is 9.65. The standard InChI is InChI=1S/C44H45N/c1-31-27-33(3)39(28-32(31)2)44(29-35-18-10-8-11-19-35,30-36-20-12-9-13-21-36)34(4)17-16-24-41-43(5,6)42-38-23-15-14-22-37(38)25-26-40(42)45(41)7/h8-28H,4,29-30H2,1-3,5-7H3/b17-16+,41-24+. The Balaban J connectivity index is 1.46. The van der Waals surface area contributed by atoms with Crippen LogP contribution in [0.3, 0.4) is 0 Å². The maximum Gasteiger partial charge on any atom is 0.0454 e. The van der Waals surface area contributed by atoms with Crippen LogP contribution in [0.1, 0.15) is 52.8 Å². The van der Waals surface area contributed by atoms with Gasteiger partial charge in [-0.3, -0.25) is 0 Å². The molecule has 0 amide bonds. The average Bonchev–Trinajstić information content (AvgIpc) is 3.23. The molecule has 226 valence electrons. The van der Waals surface area contributed by atoms with Gasteiger partial charge in [-0.05, 0) is 101 Å². The Bertz CT molecular complexity index is 1880. The molecular weight excluding hydrogens is 542 g/mol. The summed E-state index contributed by atoms with van der Waals surface area (Å²) >= 11 is 0. The number of aryl methyl sites for hydroxylation is 3. The molecular formula is C44H45N. The van der Waals surface area contributed by atoms with Crippen molar-refractivity contribution >= 4 is 16.5 Å². The Kier molecular flexibility index (Phi) is 8.14. The van der Waals surface area contributed by atoms with Gasteiger partial charge in [0, 0.05) is 29.3 Å². The van der Waals surface area contributed by atoms with Crippen LogP contribution in [0.2, 0.25) is 0 Å². The fourth-order valence-electron chi connectivity index (χ4n) is 7.63. The van der Waals surface area contributed by atoms with Gasteiger partial charge in [-0.1, -0.05) is 136 Å². The molecule has 1 aliphatic heterocycles. The van der Waals surface area contributed by atoms with Gasteiger partial charge in [-0.15, -0.1) is 0 Å². The first-order valence-corrected chi connectivity index (χ1v) is 16.1. The molecule has 0 saturated heterocycles. The minimum Gasteiger partial charge on any atom is -0.347 e. The Morgan fingerprint density at radius 1 is 0.733 bits per heavy atom. The highest BCUT2D eigenvalue weighted by atomic mass is 15.2. The molecule has 0 aromatic heterocycles. The number of hydrogen-bond acceptors (Lipinski definition) is 1. The van der Waals surface area contributed by atoms with E-state index >= 15 is 0 Å². The SMILES string of the molecule is C=C(/C=C/C=C1/N(C)c2ccc3ccccc3c2C1(C)C)C(Cc1ccccc1)(Cc1ccccc1)c1cc(C)c(C)cc1C. The van der Waals surface area contributed by atoms with Gasteiger partial charge in [-0.25, -0.2) is 0 Å². The third-order valence-corrected chi connectivity index (χ3v) is 10.1. The van der Waals surface area contributed by atoms with Crippen molar-refractivity contribution in [2.75, 3.05) is 11.9 Å². The normalized spacial score (nSPS) is 15.2. The van der Waals surface area contributed by atoms with Crippen LogP contribution in [0.25, 0.3) is 10.8 Å². The van der Waals surface area contributed by atoms with Crippen LogP contribution < -0.4 is 4.90 Å². The number of hydrogen-bond donors (Lipinski definition) is 0. The molecule has 1 heterocycles. The summed E-state index contributed by atoms with van der Waals surface area (Å²) in [5, 5.41) is 2.62. The maximum absolute atomic E-state index is 4.86. The monoisotopic (exact) mass is 587 g/mol. The van der Waals surface area contributed by atoms with Crippen molar-refractivity contribution in [1.82, 2.24) is 0 Å². The summed E-state index contributed by atoms with van der Waals surface area (Å²) in [5.74, 6) is 0. The molecule has 0 spiro atoms. The number of anilines is 1. The van der Waals surface area contributed by atoms with E-state index in [-0.39, 0.29) is 10.8 Å². The van der Waals surface area contributed by atoms with E-state index in [1.807, 2.05) is 0 Å². The molecule has 0 unspecified atom stereocenters. The second-order valence-corrected chi connectivity index (χ2v) is 13.5. The topological polar surface area (TPSA) is 3.24 Å². The van der Waals surface area contributed by atoms with Crippen molar-refractivity contribution in [1.29, 1.82) is 0 Å². The Hall–Kier alpha value is -4.62. The van der Waals surface area contributed by atoms with Gasteiger partial charge in [0.15, 0.2) is 0 Å². The van der Waals surface area contributed by atoms with E-state index in [0.29, 0.717) is 0 Å². The van der Waals surface area contributed by atoms with Gasteiger partial charge < -0.3 is 4.90 Å². The minimum atomic E-state index is -0.323. The first-order valence-electron chi connectivity index (χ1n) is 16.1. The Morgan fingerprint density at radius 2 is 1.31 bits per heavy atom. The summed E-state index contributed by atoms with van der Waals surface area (Å²) in [7, 11) is 2.20. The fraction of sp³-hybridized carbons (Fsp3) is 0.227. The van der Waals surface area contributed by atoms with E-state index in [9.17, 15) is 0 Å². The molecule has 0 bridgehead atoms. The number of fused-ring (bicyclic) bond motifs is 3. The van der Waals surface area contributed by atoms with Crippen molar-refractivity contribution < 1.29 is 0 Å². The molecule has 0 aliphatic carbocycles. The predicted molar refractivity (Wildman–Crippen MR) is 194 cm³/mol. The molecule has 0 N–H and O–H groups in total. The molecule has 45 heavy (non-hydrogen) atoms. The molecule has 0 saturated carbocycles. The fourth-order valence-corrected chi connectivity index (χ4v) is 7.63. The van der Waals surface area contributed by atoms with Gasteiger partial charge in [-0.2, -0.15) is 0 Å². The van der Waals surface area contributed by atoms with Crippen LogP contribution in [0.5, 0.6) is 0 Å². The van der Waals surface area contributed by atoms with Gasteiger partial charge in [0.25, 0.3) is 0 Å². The molecule has 0 atom stereocenters. The van der Waals surface area contributed by atoms with Gasteiger partial charge in [0.1, 0.15) is 0 Å². The molecule has 1 heteroatoms. The van der Waals surface area contributed by atoms with E-state index in [0.717, 1.165) is 18.4 Å². The van der Waals surface area contributed by atoms with Crippen LogP contribution in [0, 0.1) is 20.8 Å². The van der Waals surface area contributed by atoms with Crippen LogP contribution >= 0.6 is 0 Å². The smallest absolute Gasteiger partial charge is 0.0454 e. The largest absolute Gasteiger partial charge is 0.347 e. The summed E-state index contributed by atoms with van der Waals surface area (Å²) in [6.45, 7) is 16.3. The lowest BCUT2D eigenvalue weighted by molar-refractivity contribution is 0.503. The van der Waals surface area contributed by atoms with Crippen molar-refractivity contribution in [2.24, 2.45) is 0 Å². The zero-order chi connectivity index (χ0) is 31.8. The van der Waals surface area contributed by atoms with Crippen molar-refractivity contribution in [3.8, 4) is 0 Å². The van der Waals surface area contributed by atoms with Crippen LogP contribution in [0.4, 0.5) is 5.69 Å². The van der Waals surface area contributed by atoms with E-state index in [1.54, 1.807) is 0 Å². The third-order valence-electron chi connectivity index (χ3n) is 10.1. The molecule has 6 rings (SSSR count). The number of nitrogens with zero attached hydrogens (tertiary/aromatic N) is 1. The molecule has 5 aromatic carbocycles. The number of rotatable bonds is 8.